The van der Waals surface area contributed by atoms with E-state index in [9.17, 15) is 0 Å². The van der Waals surface area contributed by atoms with E-state index >= 15 is 0 Å². The molecule has 5 aliphatic rings. The highest BCUT2D eigenvalue weighted by Crippen LogP contribution is 2.64. The Labute approximate surface area is 451 Å². The maximum absolute atomic E-state index is 2.80. The van der Waals surface area contributed by atoms with Gasteiger partial charge < -0.3 is 0 Å². The smallest absolute Gasteiger partial charge is 0.0190 e. The highest BCUT2D eigenvalue weighted by Gasteiger charge is 2.49. The quantitative estimate of drug-likeness (QED) is 0.155. The number of fused-ring (bicyclic) bond motifs is 5. The Kier molecular flexibility index (Phi) is 9.93. The van der Waals surface area contributed by atoms with Gasteiger partial charge in [0.2, 0.25) is 0 Å². The zero-order valence-electron chi connectivity index (χ0n) is 49.7. The van der Waals surface area contributed by atoms with Crippen molar-refractivity contribution in [3.05, 3.63) is 151 Å². The van der Waals surface area contributed by atoms with Gasteiger partial charge in [-0.3, -0.25) is 0 Å². The van der Waals surface area contributed by atoms with Crippen molar-refractivity contribution >= 4 is 32.3 Å². The Morgan fingerprint density at radius 1 is 0.240 bits per heavy atom. The van der Waals surface area contributed by atoms with Gasteiger partial charge >= 0.3 is 0 Å². The summed E-state index contributed by atoms with van der Waals surface area (Å²) in [4.78, 5) is 0. The van der Waals surface area contributed by atoms with E-state index in [1.165, 1.54) is 138 Å². The Bertz CT molecular complexity index is 3840. The van der Waals surface area contributed by atoms with E-state index in [0.717, 1.165) is 12.8 Å². The van der Waals surface area contributed by atoms with Crippen LogP contribution in [0.15, 0.2) is 78.9 Å². The predicted octanol–water partition coefficient (Wildman–Crippen LogP) is 21.2. The molecule has 0 nitrogen and oxygen atoms in total. The zero-order chi connectivity index (χ0) is 53.4. The average Bonchev–Trinajstić information content (AvgIpc) is 3.34. The Hall–Kier alpha value is -5.20. The molecule has 0 heteroatoms. The van der Waals surface area contributed by atoms with Crippen molar-refractivity contribution in [3.8, 4) is 44.5 Å². The highest BCUT2D eigenvalue weighted by molar-refractivity contribution is 6.33. The van der Waals surface area contributed by atoms with Crippen LogP contribution in [-0.4, -0.2) is 0 Å². The van der Waals surface area contributed by atoms with Crippen molar-refractivity contribution in [2.45, 2.75) is 226 Å². The summed E-state index contributed by atoms with van der Waals surface area (Å²) in [5, 5.41) is 8.70. The molecule has 0 fully saturated rings. The summed E-state index contributed by atoms with van der Waals surface area (Å²) in [6.45, 7) is 47.7. The topological polar surface area (TPSA) is 0 Å². The van der Waals surface area contributed by atoms with Crippen molar-refractivity contribution in [1.29, 1.82) is 0 Å². The van der Waals surface area contributed by atoms with Crippen molar-refractivity contribution in [1.82, 2.24) is 0 Å². The lowest BCUT2D eigenvalue weighted by molar-refractivity contribution is 0.331. The Balaban J connectivity index is 1.30. The molecular formula is C75H86. The Morgan fingerprint density at radius 2 is 0.533 bits per heavy atom. The molecule has 0 N–H and O–H groups in total. The molecular weight excluding hydrogens is 901 g/mol. The van der Waals surface area contributed by atoms with Crippen molar-refractivity contribution in [3.63, 3.8) is 0 Å². The number of rotatable bonds is 3. The first kappa shape index (κ1) is 49.4. The van der Waals surface area contributed by atoms with E-state index in [-0.39, 0.29) is 43.3 Å². The minimum atomic E-state index is -0.155. The van der Waals surface area contributed by atoms with Gasteiger partial charge in [-0.1, -0.05) is 165 Å². The molecule has 8 aromatic carbocycles. The van der Waals surface area contributed by atoms with Crippen LogP contribution in [0.1, 0.15) is 228 Å². The average molecular weight is 988 g/mol. The molecule has 1 unspecified atom stereocenters. The van der Waals surface area contributed by atoms with Crippen molar-refractivity contribution < 1.29 is 0 Å². The van der Waals surface area contributed by atoms with Gasteiger partial charge in [0.05, 0.1) is 0 Å². The summed E-state index contributed by atoms with van der Waals surface area (Å²) < 4.78 is 0. The molecule has 0 heterocycles. The minimum absolute atomic E-state index is 0.0113. The molecule has 0 spiro atoms. The predicted molar refractivity (Wildman–Crippen MR) is 325 cm³/mol. The fourth-order valence-electron chi connectivity index (χ4n) is 18.0. The lowest BCUT2D eigenvalue weighted by Gasteiger charge is -2.49. The summed E-state index contributed by atoms with van der Waals surface area (Å²) in [6.07, 6.45) is 9.43. The second-order valence-electron chi connectivity index (χ2n) is 30.4. The van der Waals surface area contributed by atoms with E-state index in [4.69, 9.17) is 0 Å². The van der Waals surface area contributed by atoms with Gasteiger partial charge in [-0.2, -0.15) is 0 Å². The van der Waals surface area contributed by atoms with Gasteiger partial charge in [0.1, 0.15) is 0 Å². The van der Waals surface area contributed by atoms with Crippen molar-refractivity contribution in [2.75, 3.05) is 0 Å². The minimum Gasteiger partial charge on any atom is -0.0584 e. The molecule has 0 amide bonds. The summed E-state index contributed by atoms with van der Waals surface area (Å²) in [5.74, 6) is 0. The standard InChI is InChI=1S/C75H86/c1-41-20-24-47(64-60(41)68(5,6)30-33-72(64,13)14)51-38-53(49-26-22-43(3)62-66(49)74(17,18)35-32-70(62,9)10)55-40-56-58-54(50-27-23-44(4)63-67(50)75(56,19)37-36-71(63,11)12)39-52(46-29-28-45(51)57(55)59(46)58)48-25-21-42(2)61-65(48)73(15,16)34-31-69(61,7)8/h20-29,38-40H,30-37H2,1-19H3. The van der Waals surface area contributed by atoms with Crippen LogP contribution in [-0.2, 0) is 43.3 Å². The van der Waals surface area contributed by atoms with Crippen LogP contribution in [0.4, 0.5) is 0 Å². The molecule has 8 aromatic rings. The molecule has 5 aliphatic carbocycles. The molecule has 0 aromatic heterocycles. The third-order valence-electron chi connectivity index (χ3n) is 22.1. The zero-order valence-corrected chi connectivity index (χ0v) is 49.7. The van der Waals surface area contributed by atoms with Crippen LogP contribution in [0.3, 0.4) is 0 Å². The van der Waals surface area contributed by atoms with E-state index in [1.807, 2.05) is 0 Å². The van der Waals surface area contributed by atoms with Crippen LogP contribution in [0.5, 0.6) is 0 Å². The van der Waals surface area contributed by atoms with Crippen LogP contribution in [0, 0.1) is 27.7 Å². The van der Waals surface area contributed by atoms with Gasteiger partial charge in [-0.15, -0.1) is 0 Å². The lowest BCUT2D eigenvalue weighted by atomic mass is 9.54. The maximum Gasteiger partial charge on any atom is 0.0190 e. The summed E-state index contributed by atoms with van der Waals surface area (Å²) in [7, 11) is 0. The van der Waals surface area contributed by atoms with E-state index < -0.39 is 0 Å². The fraction of sp³-hybridized carbons (Fsp3) is 0.467. The summed E-state index contributed by atoms with van der Waals surface area (Å²) >= 11 is 0. The number of hydrogen-bond acceptors (Lipinski definition) is 0. The second-order valence-corrected chi connectivity index (χ2v) is 30.4. The van der Waals surface area contributed by atoms with Gasteiger partial charge in [0.25, 0.3) is 0 Å². The molecule has 0 aliphatic heterocycles. The molecule has 0 bridgehead atoms. The lowest BCUT2D eigenvalue weighted by Crippen LogP contribution is -2.39. The third kappa shape index (κ3) is 6.47. The monoisotopic (exact) mass is 987 g/mol. The first-order chi connectivity index (χ1) is 34.9. The van der Waals surface area contributed by atoms with Crippen LogP contribution in [0.25, 0.3) is 76.8 Å². The van der Waals surface area contributed by atoms with Crippen molar-refractivity contribution in [2.24, 2.45) is 0 Å². The summed E-state index contributed by atoms with van der Waals surface area (Å²) in [5.41, 5.74) is 31.6. The van der Waals surface area contributed by atoms with Gasteiger partial charge in [-0.25, -0.2) is 0 Å². The van der Waals surface area contributed by atoms with E-state index in [0.29, 0.717) is 0 Å². The third-order valence-corrected chi connectivity index (χ3v) is 22.1. The number of aryl methyl sites for hydroxylation is 4. The largest absolute Gasteiger partial charge is 0.0584 e. The van der Waals surface area contributed by atoms with Crippen LogP contribution < -0.4 is 0 Å². The SMILES string of the molecule is Cc1ccc(-c2cc(-c3ccc(C)c4c3C(C)(C)CCC4(C)C)c3cc4c5c(cc(-c6ccc(C)c7c6C(C)(C)CCC7(C)C)c6ccc2c3c65)-c2ccc(C)c3c2C4(C)CCC3(C)C)c2c1C(C)(C)CCC2(C)C. The van der Waals surface area contributed by atoms with Crippen LogP contribution >= 0.6 is 0 Å². The normalized spacial score (nSPS) is 22.7. The highest BCUT2D eigenvalue weighted by atomic mass is 14.5. The molecule has 75 heavy (non-hydrogen) atoms. The van der Waals surface area contributed by atoms with Gasteiger partial charge in [-0.05, 0) is 284 Å². The summed E-state index contributed by atoms with van der Waals surface area (Å²) in [6, 6.07) is 33.6. The maximum atomic E-state index is 2.80. The van der Waals surface area contributed by atoms with E-state index in [1.54, 1.807) is 50.1 Å². The second kappa shape index (κ2) is 15.1. The first-order valence-corrected chi connectivity index (χ1v) is 29.4. The Morgan fingerprint density at radius 3 is 0.920 bits per heavy atom. The molecule has 386 valence electrons. The number of hydrogen-bond donors (Lipinski definition) is 0. The molecule has 0 saturated heterocycles. The van der Waals surface area contributed by atoms with Gasteiger partial charge in [0.15, 0.2) is 0 Å². The van der Waals surface area contributed by atoms with E-state index in [2.05, 4.69) is 210 Å². The number of benzene rings is 8. The first-order valence-electron chi connectivity index (χ1n) is 29.4. The van der Waals surface area contributed by atoms with Crippen LogP contribution in [0.2, 0.25) is 0 Å². The van der Waals surface area contributed by atoms with Gasteiger partial charge in [0, 0.05) is 5.41 Å². The fourth-order valence-corrected chi connectivity index (χ4v) is 18.0. The molecule has 0 saturated carbocycles. The molecule has 1 atom stereocenters. The molecule has 0 radical (unpaired) electrons. The molecule has 13 rings (SSSR count).